The minimum Gasteiger partial charge on any atom is -0.315 e. The molecule has 0 unspecified atom stereocenters. The standard InChI is InChI=1S/C14H17F2N3S/c1-9(2)17-5-3-4-13-18-19-14(20-13)10-6-11(15)8-12(16)7-10/h6-9,17H,3-5H2,1-2H3. The Morgan fingerprint density at radius 3 is 2.50 bits per heavy atom. The van der Waals surface area contributed by atoms with Crippen LogP contribution >= 0.6 is 11.3 Å². The molecule has 0 bridgehead atoms. The number of aromatic nitrogens is 2. The quantitative estimate of drug-likeness (QED) is 0.830. The SMILES string of the molecule is CC(C)NCCCc1nnc(-c2cc(F)cc(F)c2)s1. The number of halogens is 2. The largest absolute Gasteiger partial charge is 0.315 e. The van der Waals surface area contributed by atoms with E-state index in [0.29, 0.717) is 16.6 Å². The van der Waals surface area contributed by atoms with Crippen LogP contribution in [0.3, 0.4) is 0 Å². The molecule has 108 valence electrons. The van der Waals surface area contributed by atoms with Crippen molar-refractivity contribution >= 4 is 11.3 Å². The Hall–Kier alpha value is -1.40. The highest BCUT2D eigenvalue weighted by atomic mass is 32.1. The number of rotatable bonds is 6. The fraction of sp³-hybridized carbons (Fsp3) is 0.429. The summed E-state index contributed by atoms with van der Waals surface area (Å²) in [6.07, 6.45) is 1.78. The van der Waals surface area contributed by atoms with Crippen LogP contribution in [0, 0.1) is 11.6 Å². The molecule has 0 amide bonds. The fourth-order valence-electron chi connectivity index (χ4n) is 1.78. The van der Waals surface area contributed by atoms with Crippen LogP contribution < -0.4 is 5.32 Å². The van der Waals surface area contributed by atoms with Crippen molar-refractivity contribution < 1.29 is 8.78 Å². The van der Waals surface area contributed by atoms with E-state index < -0.39 is 11.6 Å². The van der Waals surface area contributed by atoms with Crippen LogP contribution in [0.1, 0.15) is 25.3 Å². The summed E-state index contributed by atoms with van der Waals surface area (Å²) in [5.41, 5.74) is 0.437. The first-order valence-electron chi connectivity index (χ1n) is 6.57. The monoisotopic (exact) mass is 297 g/mol. The second kappa shape index (κ2) is 6.85. The van der Waals surface area contributed by atoms with E-state index in [1.165, 1.54) is 23.5 Å². The van der Waals surface area contributed by atoms with Crippen molar-refractivity contribution in [3.05, 3.63) is 34.8 Å². The Morgan fingerprint density at radius 1 is 1.15 bits per heavy atom. The molecule has 6 heteroatoms. The van der Waals surface area contributed by atoms with Gasteiger partial charge in [-0.05, 0) is 25.1 Å². The number of benzene rings is 1. The van der Waals surface area contributed by atoms with Gasteiger partial charge in [0, 0.05) is 24.1 Å². The van der Waals surface area contributed by atoms with E-state index in [2.05, 4.69) is 29.4 Å². The molecule has 0 saturated heterocycles. The average molecular weight is 297 g/mol. The number of aryl methyl sites for hydroxylation is 1. The van der Waals surface area contributed by atoms with Crippen LogP contribution in [-0.2, 0) is 6.42 Å². The Balaban J connectivity index is 1.98. The molecule has 0 radical (unpaired) electrons. The first-order chi connectivity index (χ1) is 9.54. The zero-order chi connectivity index (χ0) is 14.5. The molecule has 1 N–H and O–H groups in total. The molecule has 0 spiro atoms. The number of hydrogen-bond donors (Lipinski definition) is 1. The summed E-state index contributed by atoms with van der Waals surface area (Å²) in [6, 6.07) is 3.86. The average Bonchev–Trinajstić information content (AvgIpc) is 2.82. The third-order valence-electron chi connectivity index (χ3n) is 2.70. The molecule has 0 atom stereocenters. The Labute approximate surface area is 121 Å². The highest BCUT2D eigenvalue weighted by Gasteiger charge is 2.09. The summed E-state index contributed by atoms with van der Waals surface area (Å²) >= 11 is 1.38. The molecule has 3 nitrogen and oxygen atoms in total. The highest BCUT2D eigenvalue weighted by Crippen LogP contribution is 2.25. The summed E-state index contributed by atoms with van der Waals surface area (Å²) in [5, 5.41) is 12.8. The van der Waals surface area contributed by atoms with Crippen molar-refractivity contribution in [1.82, 2.24) is 15.5 Å². The summed E-state index contributed by atoms with van der Waals surface area (Å²) in [4.78, 5) is 0. The third-order valence-corrected chi connectivity index (χ3v) is 3.73. The minimum absolute atomic E-state index is 0.437. The molecule has 0 fully saturated rings. The summed E-state index contributed by atoms with van der Waals surface area (Å²) in [7, 11) is 0. The van der Waals surface area contributed by atoms with Gasteiger partial charge < -0.3 is 5.32 Å². The van der Waals surface area contributed by atoms with Crippen LogP contribution in [0.15, 0.2) is 18.2 Å². The molecule has 0 saturated carbocycles. The molecule has 1 aromatic heterocycles. The maximum absolute atomic E-state index is 13.2. The zero-order valence-electron chi connectivity index (χ0n) is 11.5. The van der Waals surface area contributed by atoms with E-state index >= 15 is 0 Å². The van der Waals surface area contributed by atoms with E-state index in [9.17, 15) is 8.78 Å². The molecule has 0 aliphatic heterocycles. The normalized spacial score (nSPS) is 11.2. The maximum atomic E-state index is 13.2. The molecule has 2 aromatic rings. The van der Waals surface area contributed by atoms with Gasteiger partial charge in [-0.2, -0.15) is 0 Å². The van der Waals surface area contributed by atoms with Gasteiger partial charge in [0.25, 0.3) is 0 Å². The van der Waals surface area contributed by atoms with Gasteiger partial charge in [0.05, 0.1) is 0 Å². The van der Waals surface area contributed by atoms with Crippen molar-refractivity contribution in [2.45, 2.75) is 32.7 Å². The van der Waals surface area contributed by atoms with Gasteiger partial charge in [0.15, 0.2) is 0 Å². The Morgan fingerprint density at radius 2 is 1.85 bits per heavy atom. The predicted molar refractivity (Wildman–Crippen MR) is 76.7 cm³/mol. The topological polar surface area (TPSA) is 37.8 Å². The lowest BCUT2D eigenvalue weighted by molar-refractivity contribution is 0.569. The minimum atomic E-state index is -0.599. The fourth-order valence-corrected chi connectivity index (χ4v) is 2.65. The molecular weight excluding hydrogens is 280 g/mol. The number of nitrogens with one attached hydrogen (secondary N) is 1. The second-order valence-corrected chi connectivity index (χ2v) is 5.93. The lowest BCUT2D eigenvalue weighted by atomic mass is 10.2. The van der Waals surface area contributed by atoms with Crippen LogP contribution in [0.2, 0.25) is 0 Å². The third kappa shape index (κ3) is 4.31. The maximum Gasteiger partial charge on any atom is 0.148 e. The smallest absolute Gasteiger partial charge is 0.148 e. The molecule has 0 aliphatic carbocycles. The molecule has 1 aromatic carbocycles. The van der Waals surface area contributed by atoms with Gasteiger partial charge in [-0.25, -0.2) is 8.78 Å². The van der Waals surface area contributed by atoms with Gasteiger partial charge in [-0.1, -0.05) is 25.2 Å². The Bertz CT molecular complexity index is 549. The molecule has 0 aliphatic rings. The van der Waals surface area contributed by atoms with Crippen molar-refractivity contribution in [2.24, 2.45) is 0 Å². The van der Waals surface area contributed by atoms with Gasteiger partial charge in [0.2, 0.25) is 0 Å². The van der Waals surface area contributed by atoms with Crippen molar-refractivity contribution in [3.63, 3.8) is 0 Å². The predicted octanol–water partition coefficient (Wildman–Crippen LogP) is 3.41. The van der Waals surface area contributed by atoms with Crippen molar-refractivity contribution in [1.29, 1.82) is 0 Å². The summed E-state index contributed by atoms with van der Waals surface area (Å²) in [5.74, 6) is -1.20. The summed E-state index contributed by atoms with van der Waals surface area (Å²) in [6.45, 7) is 5.12. The van der Waals surface area contributed by atoms with Gasteiger partial charge in [-0.15, -0.1) is 10.2 Å². The van der Waals surface area contributed by atoms with E-state index in [1.54, 1.807) is 0 Å². The molecule has 20 heavy (non-hydrogen) atoms. The number of hydrogen-bond acceptors (Lipinski definition) is 4. The molecule has 1 heterocycles. The lowest BCUT2D eigenvalue weighted by Crippen LogP contribution is -2.23. The first kappa shape index (κ1) is 15.0. The van der Waals surface area contributed by atoms with Gasteiger partial charge >= 0.3 is 0 Å². The van der Waals surface area contributed by atoms with Crippen LogP contribution in [0.5, 0.6) is 0 Å². The molecule has 2 rings (SSSR count). The van der Waals surface area contributed by atoms with E-state index in [-0.39, 0.29) is 0 Å². The van der Waals surface area contributed by atoms with Crippen LogP contribution in [-0.4, -0.2) is 22.8 Å². The van der Waals surface area contributed by atoms with E-state index in [1.807, 2.05) is 0 Å². The lowest BCUT2D eigenvalue weighted by Gasteiger charge is -2.05. The van der Waals surface area contributed by atoms with Crippen molar-refractivity contribution in [3.8, 4) is 10.6 Å². The Kier molecular flexibility index (Phi) is 5.14. The van der Waals surface area contributed by atoms with Gasteiger partial charge in [0.1, 0.15) is 21.6 Å². The number of nitrogens with zero attached hydrogens (tertiary/aromatic N) is 2. The van der Waals surface area contributed by atoms with Crippen LogP contribution in [0.4, 0.5) is 8.78 Å². The highest BCUT2D eigenvalue weighted by molar-refractivity contribution is 7.14. The van der Waals surface area contributed by atoms with E-state index in [4.69, 9.17) is 0 Å². The van der Waals surface area contributed by atoms with Crippen LogP contribution in [0.25, 0.3) is 10.6 Å². The first-order valence-corrected chi connectivity index (χ1v) is 7.38. The molecular formula is C14H17F2N3S. The van der Waals surface area contributed by atoms with Gasteiger partial charge in [-0.3, -0.25) is 0 Å². The van der Waals surface area contributed by atoms with Crippen molar-refractivity contribution in [2.75, 3.05) is 6.54 Å². The zero-order valence-corrected chi connectivity index (χ0v) is 12.3. The second-order valence-electron chi connectivity index (χ2n) is 4.87. The van der Waals surface area contributed by atoms with E-state index in [0.717, 1.165) is 30.5 Å². The summed E-state index contributed by atoms with van der Waals surface area (Å²) < 4.78 is 26.3.